The van der Waals surface area contributed by atoms with Gasteiger partial charge in [0.05, 0.1) is 5.92 Å². The fourth-order valence-electron chi connectivity index (χ4n) is 4.21. The molecule has 1 N–H and O–H groups in total. The highest BCUT2D eigenvalue weighted by atomic mass is 16.2. The molecule has 3 aliphatic rings. The molecule has 0 radical (unpaired) electrons. The molecule has 3 aliphatic heterocycles. The third kappa shape index (κ3) is 2.74. The van der Waals surface area contributed by atoms with Gasteiger partial charge in [0.25, 0.3) is 0 Å². The molecule has 0 spiro atoms. The van der Waals surface area contributed by atoms with Crippen molar-refractivity contribution >= 4 is 17.5 Å². The number of hydrogen-bond acceptors (Lipinski definition) is 3. The summed E-state index contributed by atoms with van der Waals surface area (Å²) < 4.78 is 0. The van der Waals surface area contributed by atoms with E-state index in [4.69, 9.17) is 0 Å². The Morgan fingerprint density at radius 2 is 2.00 bits per heavy atom. The molecule has 1 aromatic rings. The number of benzene rings is 1. The van der Waals surface area contributed by atoms with Crippen molar-refractivity contribution in [3.63, 3.8) is 0 Å². The number of piperidine rings is 1. The standard InChI is InChI=1S/C18H23N3O2/c22-17-11-15(14-6-1-2-7-16(14)19-17)18(23)21-10-9-20-8-4-3-5-13(20)12-21/h1-2,6-7,13,15H,3-5,8-12H2,(H,19,22)/t13-,15-/m1/s1. The molecule has 3 heterocycles. The molecule has 5 nitrogen and oxygen atoms in total. The van der Waals surface area contributed by atoms with Gasteiger partial charge in [0, 0.05) is 37.8 Å². The average Bonchev–Trinajstić information content (AvgIpc) is 2.60. The number of carbonyl (C=O) groups excluding carboxylic acids is 2. The monoisotopic (exact) mass is 313 g/mol. The van der Waals surface area contributed by atoms with Crippen LogP contribution in [-0.2, 0) is 9.59 Å². The molecule has 2 saturated heterocycles. The van der Waals surface area contributed by atoms with Crippen molar-refractivity contribution in [1.82, 2.24) is 9.80 Å². The van der Waals surface area contributed by atoms with E-state index in [0.29, 0.717) is 6.04 Å². The summed E-state index contributed by atoms with van der Waals surface area (Å²) in [6.07, 6.45) is 3.99. The van der Waals surface area contributed by atoms with Gasteiger partial charge in [-0.1, -0.05) is 24.6 Å². The molecule has 4 rings (SSSR count). The summed E-state index contributed by atoms with van der Waals surface area (Å²) in [6.45, 7) is 3.74. The van der Waals surface area contributed by atoms with E-state index in [1.54, 1.807) is 0 Å². The number of anilines is 1. The molecule has 2 fully saturated rings. The lowest BCUT2D eigenvalue weighted by molar-refractivity contribution is -0.138. The Hall–Kier alpha value is -1.88. The number of carbonyl (C=O) groups is 2. The van der Waals surface area contributed by atoms with Gasteiger partial charge in [-0.05, 0) is 31.0 Å². The van der Waals surface area contributed by atoms with Crippen LogP contribution in [0.3, 0.4) is 0 Å². The third-order valence-electron chi connectivity index (χ3n) is 5.45. The molecule has 2 atom stereocenters. The maximum absolute atomic E-state index is 13.1. The number of hydrogen-bond donors (Lipinski definition) is 1. The summed E-state index contributed by atoms with van der Waals surface area (Å²) in [4.78, 5) is 29.5. The van der Waals surface area contributed by atoms with Gasteiger partial charge in [-0.25, -0.2) is 0 Å². The minimum Gasteiger partial charge on any atom is -0.339 e. The van der Waals surface area contributed by atoms with Crippen molar-refractivity contribution in [2.24, 2.45) is 0 Å². The predicted octanol–water partition coefficient (Wildman–Crippen LogP) is 1.81. The van der Waals surface area contributed by atoms with Gasteiger partial charge in [0.15, 0.2) is 0 Å². The highest BCUT2D eigenvalue weighted by Crippen LogP contribution is 2.34. The van der Waals surface area contributed by atoms with Crippen LogP contribution in [0.15, 0.2) is 24.3 Å². The van der Waals surface area contributed by atoms with Crippen molar-refractivity contribution in [2.45, 2.75) is 37.6 Å². The van der Waals surface area contributed by atoms with Crippen molar-refractivity contribution in [3.05, 3.63) is 29.8 Å². The first-order valence-corrected chi connectivity index (χ1v) is 8.64. The molecule has 122 valence electrons. The second-order valence-corrected chi connectivity index (χ2v) is 6.86. The SMILES string of the molecule is O=C1C[C@@H](C(=O)N2CCN3CCCC[C@@H]3C2)c2ccccc2N1. The zero-order chi connectivity index (χ0) is 15.8. The number of nitrogens with zero attached hydrogens (tertiary/aromatic N) is 2. The molecule has 5 heteroatoms. The van der Waals surface area contributed by atoms with Crippen LogP contribution in [-0.4, -0.2) is 53.8 Å². The fraction of sp³-hybridized carbons (Fsp3) is 0.556. The molecule has 0 aromatic heterocycles. The van der Waals surface area contributed by atoms with E-state index in [1.165, 1.54) is 25.8 Å². The lowest BCUT2D eigenvalue weighted by atomic mass is 9.88. The van der Waals surface area contributed by atoms with Gasteiger partial charge in [0.1, 0.15) is 0 Å². The van der Waals surface area contributed by atoms with Crippen LogP contribution < -0.4 is 5.32 Å². The summed E-state index contributed by atoms with van der Waals surface area (Å²) in [5.41, 5.74) is 1.75. The number of piperazine rings is 1. The first-order chi connectivity index (χ1) is 11.2. The Morgan fingerprint density at radius 1 is 1.13 bits per heavy atom. The molecular weight excluding hydrogens is 290 g/mol. The Labute approximate surface area is 136 Å². The second-order valence-electron chi connectivity index (χ2n) is 6.86. The number of nitrogens with one attached hydrogen (secondary N) is 1. The van der Waals surface area contributed by atoms with Crippen molar-refractivity contribution < 1.29 is 9.59 Å². The van der Waals surface area contributed by atoms with Crippen molar-refractivity contribution in [1.29, 1.82) is 0 Å². The minimum atomic E-state index is -0.324. The van der Waals surface area contributed by atoms with E-state index in [1.807, 2.05) is 29.2 Å². The van der Waals surface area contributed by atoms with E-state index in [-0.39, 0.29) is 24.2 Å². The predicted molar refractivity (Wildman–Crippen MR) is 88.2 cm³/mol. The van der Waals surface area contributed by atoms with E-state index >= 15 is 0 Å². The molecule has 0 unspecified atom stereocenters. The maximum Gasteiger partial charge on any atom is 0.230 e. The van der Waals surface area contributed by atoms with Gasteiger partial charge >= 0.3 is 0 Å². The zero-order valence-corrected chi connectivity index (χ0v) is 13.3. The summed E-state index contributed by atoms with van der Waals surface area (Å²) >= 11 is 0. The van der Waals surface area contributed by atoms with E-state index in [2.05, 4.69) is 10.2 Å². The van der Waals surface area contributed by atoms with Crippen LogP contribution in [0, 0.1) is 0 Å². The molecule has 0 saturated carbocycles. The summed E-state index contributed by atoms with van der Waals surface area (Å²) in [5, 5.41) is 2.88. The van der Waals surface area contributed by atoms with E-state index in [9.17, 15) is 9.59 Å². The topological polar surface area (TPSA) is 52.7 Å². The van der Waals surface area contributed by atoms with Gasteiger partial charge in [-0.2, -0.15) is 0 Å². The molecule has 0 bridgehead atoms. The van der Waals surface area contributed by atoms with Crippen LogP contribution >= 0.6 is 0 Å². The number of fused-ring (bicyclic) bond motifs is 2. The first kappa shape index (κ1) is 14.7. The molecule has 2 amide bonds. The summed E-state index contributed by atoms with van der Waals surface area (Å²) in [7, 11) is 0. The van der Waals surface area contributed by atoms with Crippen LogP contribution in [0.4, 0.5) is 5.69 Å². The summed E-state index contributed by atoms with van der Waals surface area (Å²) in [6, 6.07) is 8.19. The van der Waals surface area contributed by atoms with Crippen molar-refractivity contribution in [3.8, 4) is 0 Å². The maximum atomic E-state index is 13.1. The summed E-state index contributed by atoms with van der Waals surface area (Å²) in [5.74, 6) is -0.258. The van der Waals surface area contributed by atoms with Crippen molar-refractivity contribution in [2.75, 3.05) is 31.5 Å². The Balaban J connectivity index is 1.54. The van der Waals surface area contributed by atoms with Gasteiger partial charge in [-0.3, -0.25) is 14.5 Å². The second kappa shape index (κ2) is 5.96. The quantitative estimate of drug-likeness (QED) is 0.860. The van der Waals surface area contributed by atoms with E-state index in [0.717, 1.165) is 30.9 Å². The number of amides is 2. The molecule has 0 aliphatic carbocycles. The average molecular weight is 313 g/mol. The van der Waals surface area contributed by atoms with Gasteiger partial charge in [0.2, 0.25) is 11.8 Å². The van der Waals surface area contributed by atoms with Crippen LogP contribution in [0.1, 0.15) is 37.2 Å². The van der Waals surface area contributed by atoms with Crippen LogP contribution in [0.5, 0.6) is 0 Å². The first-order valence-electron chi connectivity index (χ1n) is 8.64. The molecule has 23 heavy (non-hydrogen) atoms. The normalized spacial score (nSPS) is 27.8. The van der Waals surface area contributed by atoms with Gasteiger partial charge < -0.3 is 10.2 Å². The Morgan fingerprint density at radius 3 is 2.91 bits per heavy atom. The highest BCUT2D eigenvalue weighted by molar-refractivity contribution is 6.01. The Bertz CT molecular complexity index is 630. The van der Waals surface area contributed by atoms with Gasteiger partial charge in [-0.15, -0.1) is 0 Å². The molecule has 1 aromatic carbocycles. The smallest absolute Gasteiger partial charge is 0.230 e. The van der Waals surface area contributed by atoms with Crippen LogP contribution in [0.25, 0.3) is 0 Å². The Kier molecular flexibility index (Phi) is 3.81. The number of rotatable bonds is 1. The number of para-hydroxylation sites is 1. The highest BCUT2D eigenvalue weighted by Gasteiger charge is 2.37. The largest absolute Gasteiger partial charge is 0.339 e. The zero-order valence-electron chi connectivity index (χ0n) is 13.3. The fourth-order valence-corrected chi connectivity index (χ4v) is 4.21. The molecular formula is C18H23N3O2. The van der Waals surface area contributed by atoms with E-state index < -0.39 is 0 Å². The van der Waals surface area contributed by atoms with Crippen LogP contribution in [0.2, 0.25) is 0 Å². The lowest BCUT2D eigenvalue weighted by Gasteiger charge is -2.45. The third-order valence-corrected chi connectivity index (χ3v) is 5.45. The minimum absolute atomic E-state index is 0.0571. The lowest BCUT2D eigenvalue weighted by Crippen LogP contribution is -2.57.